The molecule has 3 nitrogen and oxygen atoms in total. The van der Waals surface area contributed by atoms with E-state index in [1.54, 1.807) is 0 Å². The van der Waals surface area contributed by atoms with Gasteiger partial charge in [0.15, 0.2) is 0 Å². The zero-order chi connectivity index (χ0) is 11.5. The quantitative estimate of drug-likeness (QED) is 0.827. The number of hydrogen-bond donors (Lipinski definition) is 1. The van der Waals surface area contributed by atoms with Gasteiger partial charge >= 0.3 is 0 Å². The molecule has 1 unspecified atom stereocenters. The molecule has 2 rings (SSSR count). The van der Waals surface area contributed by atoms with E-state index < -0.39 is 0 Å². The van der Waals surface area contributed by atoms with Crippen molar-refractivity contribution in [2.24, 2.45) is 5.92 Å². The number of nitrogens with zero attached hydrogens (tertiary/aromatic N) is 2. The first-order valence-electron chi connectivity index (χ1n) is 6.22. The van der Waals surface area contributed by atoms with Gasteiger partial charge in [0.25, 0.3) is 0 Å². The van der Waals surface area contributed by atoms with E-state index in [1.807, 2.05) is 19.9 Å². The van der Waals surface area contributed by atoms with Crippen molar-refractivity contribution in [1.82, 2.24) is 9.97 Å². The predicted octanol–water partition coefficient (Wildman–Crippen LogP) is 3.08. The third-order valence-corrected chi connectivity index (χ3v) is 3.07. The number of anilines is 1. The minimum absolute atomic E-state index is 0.509. The van der Waals surface area contributed by atoms with E-state index in [9.17, 15) is 0 Å². The Hall–Kier alpha value is -1.12. The molecule has 1 aliphatic rings. The highest BCUT2D eigenvalue weighted by atomic mass is 15.0. The summed E-state index contributed by atoms with van der Waals surface area (Å²) in [5.41, 5.74) is 1.03. The third kappa shape index (κ3) is 3.47. The molecule has 88 valence electrons. The van der Waals surface area contributed by atoms with Crippen LogP contribution in [0.2, 0.25) is 0 Å². The van der Waals surface area contributed by atoms with Gasteiger partial charge in [0.05, 0.1) is 0 Å². The van der Waals surface area contributed by atoms with Crippen LogP contribution in [0.1, 0.15) is 44.1 Å². The van der Waals surface area contributed by atoms with Crippen molar-refractivity contribution in [3.63, 3.8) is 0 Å². The Morgan fingerprint density at radius 1 is 1.38 bits per heavy atom. The van der Waals surface area contributed by atoms with E-state index in [0.29, 0.717) is 6.04 Å². The molecule has 0 aromatic carbocycles. The first-order chi connectivity index (χ1) is 7.63. The molecule has 3 heteroatoms. The Morgan fingerprint density at radius 2 is 2.12 bits per heavy atom. The summed E-state index contributed by atoms with van der Waals surface area (Å²) < 4.78 is 0. The molecule has 1 aromatic heterocycles. The Labute approximate surface area is 97.7 Å². The van der Waals surface area contributed by atoms with Gasteiger partial charge in [-0.2, -0.15) is 0 Å². The maximum absolute atomic E-state index is 4.39. The first kappa shape index (κ1) is 11.4. The zero-order valence-corrected chi connectivity index (χ0v) is 10.5. The van der Waals surface area contributed by atoms with Crippen molar-refractivity contribution in [3.8, 4) is 0 Å². The van der Waals surface area contributed by atoms with Crippen molar-refractivity contribution in [2.75, 3.05) is 5.32 Å². The van der Waals surface area contributed by atoms with Crippen molar-refractivity contribution in [3.05, 3.63) is 17.6 Å². The highest BCUT2D eigenvalue weighted by Gasteiger charge is 2.21. The zero-order valence-electron chi connectivity index (χ0n) is 10.5. The molecular formula is C13H21N3. The summed E-state index contributed by atoms with van der Waals surface area (Å²) in [5, 5.41) is 3.46. The Bertz CT molecular complexity index is 338. The van der Waals surface area contributed by atoms with Gasteiger partial charge < -0.3 is 5.32 Å². The molecule has 1 atom stereocenters. The lowest BCUT2D eigenvalue weighted by atomic mass is 10.1. The average Bonchev–Trinajstić information content (AvgIpc) is 2.96. The Kier molecular flexibility index (Phi) is 3.42. The number of rotatable bonds is 5. The summed E-state index contributed by atoms with van der Waals surface area (Å²) in [6.07, 6.45) is 5.49. The normalized spacial score (nSPS) is 17.2. The predicted molar refractivity (Wildman–Crippen MR) is 66.5 cm³/mol. The van der Waals surface area contributed by atoms with E-state index >= 15 is 0 Å². The lowest BCUT2D eigenvalue weighted by molar-refractivity contribution is 0.608. The summed E-state index contributed by atoms with van der Waals surface area (Å²) in [5.74, 6) is 2.82. The van der Waals surface area contributed by atoms with Gasteiger partial charge in [-0.05, 0) is 39.5 Å². The van der Waals surface area contributed by atoms with Crippen LogP contribution in [0.4, 0.5) is 5.82 Å². The second-order valence-electron chi connectivity index (χ2n) is 5.01. The van der Waals surface area contributed by atoms with Crippen molar-refractivity contribution in [2.45, 2.75) is 52.5 Å². The van der Waals surface area contributed by atoms with Crippen LogP contribution in [0, 0.1) is 19.8 Å². The molecule has 1 aromatic rings. The van der Waals surface area contributed by atoms with Crippen LogP contribution < -0.4 is 5.32 Å². The van der Waals surface area contributed by atoms with Gasteiger partial charge in [-0.1, -0.05) is 12.8 Å². The SMILES string of the molecule is Cc1cc(NC(C)CCC2CC2)nc(C)n1. The van der Waals surface area contributed by atoms with Crippen LogP contribution >= 0.6 is 0 Å². The molecule has 0 bridgehead atoms. The summed E-state index contributed by atoms with van der Waals surface area (Å²) in [7, 11) is 0. The Balaban J connectivity index is 1.86. The lowest BCUT2D eigenvalue weighted by Gasteiger charge is -2.14. The second kappa shape index (κ2) is 4.81. The molecule has 0 spiro atoms. The molecule has 1 heterocycles. The van der Waals surface area contributed by atoms with Crippen LogP contribution in [0.5, 0.6) is 0 Å². The van der Waals surface area contributed by atoms with Crippen molar-refractivity contribution >= 4 is 5.82 Å². The van der Waals surface area contributed by atoms with Crippen LogP contribution in [0.25, 0.3) is 0 Å². The number of hydrogen-bond acceptors (Lipinski definition) is 3. The molecule has 16 heavy (non-hydrogen) atoms. The van der Waals surface area contributed by atoms with E-state index in [1.165, 1.54) is 25.7 Å². The summed E-state index contributed by atoms with van der Waals surface area (Å²) in [6, 6.07) is 2.52. The number of nitrogens with one attached hydrogen (secondary N) is 1. The van der Waals surface area contributed by atoms with Crippen LogP contribution in [-0.4, -0.2) is 16.0 Å². The monoisotopic (exact) mass is 219 g/mol. The van der Waals surface area contributed by atoms with E-state index in [4.69, 9.17) is 0 Å². The van der Waals surface area contributed by atoms with Crippen LogP contribution in [-0.2, 0) is 0 Å². The smallest absolute Gasteiger partial charge is 0.130 e. The molecular weight excluding hydrogens is 198 g/mol. The maximum atomic E-state index is 4.39. The van der Waals surface area contributed by atoms with Crippen LogP contribution in [0.3, 0.4) is 0 Å². The fraction of sp³-hybridized carbons (Fsp3) is 0.692. The van der Waals surface area contributed by atoms with Gasteiger partial charge in [-0.15, -0.1) is 0 Å². The van der Waals surface area contributed by atoms with E-state index in [0.717, 1.165) is 23.3 Å². The maximum Gasteiger partial charge on any atom is 0.130 e. The standard InChI is InChI=1S/C13H21N3/c1-9(4-5-12-6-7-12)15-13-8-10(2)14-11(3)16-13/h8-9,12H,4-7H2,1-3H3,(H,14,15,16). The van der Waals surface area contributed by atoms with Gasteiger partial charge in [0.1, 0.15) is 11.6 Å². The fourth-order valence-electron chi connectivity index (χ4n) is 2.01. The molecule has 0 saturated heterocycles. The molecule has 1 aliphatic carbocycles. The van der Waals surface area contributed by atoms with Crippen LogP contribution in [0.15, 0.2) is 6.07 Å². The topological polar surface area (TPSA) is 37.8 Å². The van der Waals surface area contributed by atoms with Gasteiger partial charge in [-0.3, -0.25) is 0 Å². The number of aryl methyl sites for hydroxylation is 2. The summed E-state index contributed by atoms with van der Waals surface area (Å²) in [6.45, 7) is 6.18. The first-order valence-corrected chi connectivity index (χ1v) is 6.22. The number of aromatic nitrogens is 2. The van der Waals surface area contributed by atoms with Gasteiger partial charge in [-0.25, -0.2) is 9.97 Å². The molecule has 0 amide bonds. The average molecular weight is 219 g/mol. The fourth-order valence-corrected chi connectivity index (χ4v) is 2.01. The van der Waals surface area contributed by atoms with E-state index in [-0.39, 0.29) is 0 Å². The molecule has 1 saturated carbocycles. The largest absolute Gasteiger partial charge is 0.368 e. The molecule has 1 fully saturated rings. The highest BCUT2D eigenvalue weighted by Crippen LogP contribution is 2.34. The minimum Gasteiger partial charge on any atom is -0.368 e. The molecule has 1 N–H and O–H groups in total. The van der Waals surface area contributed by atoms with E-state index in [2.05, 4.69) is 22.2 Å². The minimum atomic E-state index is 0.509. The van der Waals surface area contributed by atoms with Crippen molar-refractivity contribution in [1.29, 1.82) is 0 Å². The summed E-state index contributed by atoms with van der Waals surface area (Å²) in [4.78, 5) is 8.67. The molecule has 0 radical (unpaired) electrons. The van der Waals surface area contributed by atoms with Crippen molar-refractivity contribution < 1.29 is 0 Å². The van der Waals surface area contributed by atoms with Gasteiger partial charge in [0, 0.05) is 17.8 Å². The highest BCUT2D eigenvalue weighted by molar-refractivity contribution is 5.36. The Morgan fingerprint density at radius 3 is 2.75 bits per heavy atom. The third-order valence-electron chi connectivity index (χ3n) is 3.07. The molecule has 0 aliphatic heterocycles. The lowest BCUT2D eigenvalue weighted by Crippen LogP contribution is -2.16. The summed E-state index contributed by atoms with van der Waals surface area (Å²) >= 11 is 0. The van der Waals surface area contributed by atoms with Gasteiger partial charge in [0.2, 0.25) is 0 Å². The second-order valence-corrected chi connectivity index (χ2v) is 5.01.